The van der Waals surface area contributed by atoms with Crippen molar-refractivity contribution >= 4 is 7.37 Å². The van der Waals surface area contributed by atoms with Crippen LogP contribution in [0.5, 0.6) is 0 Å². The molecule has 0 aromatic carbocycles. The summed E-state index contributed by atoms with van der Waals surface area (Å²) in [5.41, 5.74) is 0.923. The molecule has 0 aliphatic heterocycles. The largest absolute Gasteiger partial charge is 0.341 e. The van der Waals surface area contributed by atoms with Crippen LogP contribution in [-0.2, 0) is 4.57 Å². The molecule has 0 spiro atoms. The van der Waals surface area contributed by atoms with Crippen molar-refractivity contribution in [3.63, 3.8) is 0 Å². The second kappa shape index (κ2) is 4.74. The van der Waals surface area contributed by atoms with Gasteiger partial charge in [-0.25, -0.2) is 0 Å². The summed E-state index contributed by atoms with van der Waals surface area (Å²) in [5.74, 6) is 1.49. The van der Waals surface area contributed by atoms with Crippen molar-refractivity contribution in [2.45, 2.75) is 33.6 Å². The van der Waals surface area contributed by atoms with Gasteiger partial charge in [0, 0.05) is 6.16 Å². The normalized spacial score (nSPS) is 15.6. The maximum atomic E-state index is 11.3. The molecular weight excluding hydrogens is 159 g/mol. The van der Waals surface area contributed by atoms with Crippen molar-refractivity contribution in [2.75, 3.05) is 6.16 Å². The van der Waals surface area contributed by atoms with Crippen molar-refractivity contribution in [1.29, 1.82) is 0 Å². The first-order valence-corrected chi connectivity index (χ1v) is 5.87. The fourth-order valence-corrected chi connectivity index (χ4v) is 2.56. The topological polar surface area (TPSA) is 37.3 Å². The van der Waals surface area contributed by atoms with E-state index in [2.05, 4.69) is 0 Å². The SMILES string of the molecule is CCCCP(=O)(O)C=C(C)C. The Bertz CT molecular complexity index is 181. The van der Waals surface area contributed by atoms with E-state index in [0.29, 0.717) is 6.16 Å². The van der Waals surface area contributed by atoms with Gasteiger partial charge in [-0.05, 0) is 26.1 Å². The van der Waals surface area contributed by atoms with Gasteiger partial charge < -0.3 is 4.89 Å². The fraction of sp³-hybridized carbons (Fsp3) is 0.750. The summed E-state index contributed by atoms with van der Waals surface area (Å²) in [7, 11) is -2.93. The van der Waals surface area contributed by atoms with Crippen molar-refractivity contribution in [1.82, 2.24) is 0 Å². The third kappa shape index (κ3) is 6.33. The predicted molar refractivity (Wildman–Crippen MR) is 49.0 cm³/mol. The highest BCUT2D eigenvalue weighted by atomic mass is 31.2. The average Bonchev–Trinajstić information content (AvgIpc) is 1.81. The Hall–Kier alpha value is -0.0700. The van der Waals surface area contributed by atoms with E-state index in [4.69, 9.17) is 0 Å². The summed E-state index contributed by atoms with van der Waals surface area (Å²) >= 11 is 0. The molecule has 0 radical (unpaired) electrons. The minimum absolute atomic E-state index is 0.425. The standard InChI is InChI=1S/C8H17O2P/c1-4-5-6-11(9,10)7-8(2)3/h7H,4-6H2,1-3H3,(H,9,10). The number of hydrogen-bond acceptors (Lipinski definition) is 1. The lowest BCUT2D eigenvalue weighted by Crippen LogP contribution is -1.85. The Morgan fingerprint density at radius 1 is 1.55 bits per heavy atom. The van der Waals surface area contributed by atoms with Crippen LogP contribution in [-0.4, -0.2) is 11.1 Å². The molecule has 0 heterocycles. The molecule has 0 aliphatic carbocycles. The van der Waals surface area contributed by atoms with E-state index < -0.39 is 7.37 Å². The van der Waals surface area contributed by atoms with E-state index in [1.165, 1.54) is 5.82 Å². The van der Waals surface area contributed by atoms with Gasteiger partial charge in [0.15, 0.2) is 0 Å². The molecule has 0 saturated carbocycles. The first kappa shape index (κ1) is 10.9. The van der Waals surface area contributed by atoms with Crippen LogP contribution in [0, 0.1) is 0 Å². The Labute approximate surface area is 68.8 Å². The van der Waals surface area contributed by atoms with Crippen molar-refractivity contribution < 1.29 is 9.46 Å². The van der Waals surface area contributed by atoms with Crippen LogP contribution in [0.15, 0.2) is 11.4 Å². The lowest BCUT2D eigenvalue weighted by atomic mass is 10.4. The fourth-order valence-electron chi connectivity index (χ4n) is 0.853. The average molecular weight is 176 g/mol. The van der Waals surface area contributed by atoms with Crippen molar-refractivity contribution in [2.24, 2.45) is 0 Å². The summed E-state index contributed by atoms with van der Waals surface area (Å²) in [6.07, 6.45) is 2.23. The monoisotopic (exact) mass is 176 g/mol. The molecule has 11 heavy (non-hydrogen) atoms. The second-order valence-electron chi connectivity index (χ2n) is 3.04. The van der Waals surface area contributed by atoms with Crippen LogP contribution in [0.4, 0.5) is 0 Å². The highest BCUT2D eigenvalue weighted by Crippen LogP contribution is 2.43. The zero-order valence-corrected chi connectivity index (χ0v) is 8.40. The Balaban J connectivity index is 4.02. The molecular formula is C8H17O2P. The third-order valence-corrected chi connectivity index (χ3v) is 3.17. The number of hydrogen-bond donors (Lipinski definition) is 1. The molecule has 0 bridgehead atoms. The summed E-state index contributed by atoms with van der Waals surface area (Å²) in [6.45, 7) is 5.70. The maximum absolute atomic E-state index is 11.3. The van der Waals surface area contributed by atoms with Gasteiger partial charge in [0.2, 0.25) is 7.37 Å². The molecule has 0 aliphatic rings. The number of rotatable bonds is 4. The van der Waals surface area contributed by atoms with Crippen LogP contribution in [0.1, 0.15) is 33.6 Å². The van der Waals surface area contributed by atoms with Gasteiger partial charge >= 0.3 is 0 Å². The van der Waals surface area contributed by atoms with E-state index in [9.17, 15) is 9.46 Å². The smallest absolute Gasteiger partial charge is 0.222 e. The molecule has 0 aromatic rings. The van der Waals surface area contributed by atoms with Gasteiger partial charge in [0.25, 0.3) is 0 Å². The zero-order valence-electron chi connectivity index (χ0n) is 7.50. The maximum Gasteiger partial charge on any atom is 0.222 e. The van der Waals surface area contributed by atoms with E-state index in [1.807, 2.05) is 20.8 Å². The molecule has 66 valence electrons. The minimum Gasteiger partial charge on any atom is -0.341 e. The second-order valence-corrected chi connectivity index (χ2v) is 5.26. The number of allylic oxidation sites excluding steroid dienone is 1. The molecule has 0 aromatic heterocycles. The van der Waals surface area contributed by atoms with E-state index >= 15 is 0 Å². The predicted octanol–water partition coefficient (Wildman–Crippen LogP) is 2.98. The van der Waals surface area contributed by atoms with Gasteiger partial charge in [-0.3, -0.25) is 4.57 Å². The summed E-state index contributed by atoms with van der Waals surface area (Å²) in [4.78, 5) is 9.30. The van der Waals surface area contributed by atoms with Crippen LogP contribution < -0.4 is 0 Å². The molecule has 1 atom stereocenters. The summed E-state index contributed by atoms with van der Waals surface area (Å²) < 4.78 is 11.3. The van der Waals surface area contributed by atoms with Crippen molar-refractivity contribution in [3.8, 4) is 0 Å². The van der Waals surface area contributed by atoms with Gasteiger partial charge in [-0.1, -0.05) is 18.9 Å². The van der Waals surface area contributed by atoms with Gasteiger partial charge in [-0.2, -0.15) is 0 Å². The van der Waals surface area contributed by atoms with E-state index in [-0.39, 0.29) is 0 Å². The lowest BCUT2D eigenvalue weighted by molar-refractivity contribution is 0.486. The first-order valence-electron chi connectivity index (χ1n) is 3.95. The molecule has 0 fully saturated rings. The quantitative estimate of drug-likeness (QED) is 0.668. The highest BCUT2D eigenvalue weighted by molar-refractivity contribution is 7.61. The third-order valence-electron chi connectivity index (χ3n) is 1.29. The van der Waals surface area contributed by atoms with E-state index in [0.717, 1.165) is 18.4 Å². The summed E-state index contributed by atoms with van der Waals surface area (Å²) in [6, 6.07) is 0. The first-order chi connectivity index (χ1) is 4.98. The van der Waals surface area contributed by atoms with Crippen LogP contribution >= 0.6 is 7.37 Å². The van der Waals surface area contributed by atoms with Crippen molar-refractivity contribution in [3.05, 3.63) is 11.4 Å². The van der Waals surface area contributed by atoms with Crippen LogP contribution in [0.25, 0.3) is 0 Å². The van der Waals surface area contributed by atoms with Gasteiger partial charge in [0.1, 0.15) is 0 Å². The Kier molecular flexibility index (Phi) is 4.71. The lowest BCUT2D eigenvalue weighted by Gasteiger charge is -2.05. The molecule has 1 N–H and O–H groups in total. The molecule has 1 unspecified atom stereocenters. The summed E-state index contributed by atoms with van der Waals surface area (Å²) in [5, 5.41) is 0. The molecule has 0 amide bonds. The Morgan fingerprint density at radius 3 is 2.45 bits per heavy atom. The van der Waals surface area contributed by atoms with Gasteiger partial charge in [0.05, 0.1) is 0 Å². The van der Waals surface area contributed by atoms with E-state index in [1.54, 1.807) is 0 Å². The van der Waals surface area contributed by atoms with Crippen LogP contribution in [0.2, 0.25) is 0 Å². The van der Waals surface area contributed by atoms with Gasteiger partial charge in [-0.15, -0.1) is 0 Å². The Morgan fingerprint density at radius 2 is 2.09 bits per heavy atom. The molecule has 0 rings (SSSR count). The van der Waals surface area contributed by atoms with Crippen LogP contribution in [0.3, 0.4) is 0 Å². The zero-order chi connectivity index (χ0) is 8.91. The molecule has 3 heteroatoms. The minimum atomic E-state index is -2.93. The molecule has 2 nitrogen and oxygen atoms in total. The molecule has 0 saturated heterocycles. The number of unbranched alkanes of at least 4 members (excludes halogenated alkanes) is 1. The highest BCUT2D eigenvalue weighted by Gasteiger charge is 2.12.